The molecule has 0 atom stereocenters. The van der Waals surface area contributed by atoms with Crippen molar-refractivity contribution < 1.29 is 19.0 Å². The van der Waals surface area contributed by atoms with Crippen LogP contribution in [0.15, 0.2) is 42.5 Å². The van der Waals surface area contributed by atoms with Gasteiger partial charge in [-0.15, -0.1) is 0 Å². The lowest BCUT2D eigenvalue weighted by Gasteiger charge is -2.22. The lowest BCUT2D eigenvalue weighted by atomic mass is 9.86. The molecule has 0 bridgehead atoms. The van der Waals surface area contributed by atoms with Gasteiger partial charge in [-0.1, -0.05) is 39.0 Å². The summed E-state index contributed by atoms with van der Waals surface area (Å²) < 4.78 is 16.1. The highest BCUT2D eigenvalue weighted by Crippen LogP contribution is 2.31. The molecule has 0 aromatic heterocycles. The molecular formula is C20H25NO4. The summed E-state index contributed by atoms with van der Waals surface area (Å²) in [6, 6.07) is 13.0. The Bertz CT molecular complexity index is 735. The maximum absolute atomic E-state index is 12.2. The van der Waals surface area contributed by atoms with E-state index in [0.717, 1.165) is 11.3 Å². The molecule has 2 aromatic rings. The number of rotatable bonds is 6. The Hall–Kier alpha value is -2.69. The Kier molecular flexibility index (Phi) is 5.91. The molecule has 5 heteroatoms. The summed E-state index contributed by atoms with van der Waals surface area (Å²) in [4.78, 5) is 12.2. The van der Waals surface area contributed by atoms with E-state index in [-0.39, 0.29) is 17.9 Å². The molecule has 0 radical (unpaired) electrons. The number of amides is 1. The summed E-state index contributed by atoms with van der Waals surface area (Å²) in [6.07, 6.45) is 0. The molecule has 2 aromatic carbocycles. The van der Waals surface area contributed by atoms with Gasteiger partial charge in [0, 0.05) is 11.8 Å². The number of hydrogen-bond acceptors (Lipinski definition) is 4. The molecule has 1 amide bonds. The van der Waals surface area contributed by atoms with E-state index < -0.39 is 0 Å². The first-order valence-electron chi connectivity index (χ1n) is 8.09. The van der Waals surface area contributed by atoms with Crippen LogP contribution in [0, 0.1) is 0 Å². The minimum Gasteiger partial charge on any atom is -0.493 e. The molecule has 1 N–H and O–H groups in total. The molecule has 0 fully saturated rings. The second kappa shape index (κ2) is 7.92. The second-order valence-corrected chi connectivity index (χ2v) is 6.65. The number of hydrogen-bond donors (Lipinski definition) is 1. The van der Waals surface area contributed by atoms with Crippen LogP contribution in [-0.4, -0.2) is 26.7 Å². The summed E-state index contributed by atoms with van der Waals surface area (Å²) in [5.41, 5.74) is 1.63. The van der Waals surface area contributed by atoms with Gasteiger partial charge in [-0.2, -0.15) is 0 Å². The fraction of sp³-hybridized carbons (Fsp3) is 0.350. The molecule has 0 unspecified atom stereocenters. The van der Waals surface area contributed by atoms with Crippen LogP contribution in [0.3, 0.4) is 0 Å². The number of ether oxygens (including phenoxy) is 3. The van der Waals surface area contributed by atoms with Crippen molar-refractivity contribution in [3.8, 4) is 17.2 Å². The number of carbonyl (C=O) groups excluding carboxylic acids is 1. The van der Waals surface area contributed by atoms with Crippen LogP contribution >= 0.6 is 0 Å². The Morgan fingerprint density at radius 3 is 2.28 bits per heavy atom. The molecule has 0 spiro atoms. The van der Waals surface area contributed by atoms with Gasteiger partial charge in [0.15, 0.2) is 18.1 Å². The fourth-order valence-electron chi connectivity index (χ4n) is 2.47. The topological polar surface area (TPSA) is 56.8 Å². The van der Waals surface area contributed by atoms with Gasteiger partial charge in [-0.3, -0.25) is 4.79 Å². The van der Waals surface area contributed by atoms with Gasteiger partial charge < -0.3 is 19.5 Å². The number of nitrogens with one attached hydrogen (secondary N) is 1. The van der Waals surface area contributed by atoms with E-state index in [4.69, 9.17) is 14.2 Å². The Morgan fingerprint density at radius 2 is 1.64 bits per heavy atom. The number of carbonyl (C=O) groups is 1. The van der Waals surface area contributed by atoms with Crippen molar-refractivity contribution in [2.45, 2.75) is 26.2 Å². The maximum Gasteiger partial charge on any atom is 0.262 e. The molecule has 2 rings (SSSR count). The van der Waals surface area contributed by atoms with Crippen molar-refractivity contribution in [3.05, 3.63) is 48.0 Å². The average molecular weight is 343 g/mol. The molecule has 5 nitrogen and oxygen atoms in total. The molecule has 0 aliphatic rings. The van der Waals surface area contributed by atoms with Gasteiger partial charge in [-0.25, -0.2) is 0 Å². The average Bonchev–Trinajstić information content (AvgIpc) is 2.59. The number of methoxy groups -OCH3 is 2. The molecule has 0 saturated heterocycles. The minimum absolute atomic E-state index is 0.0591. The molecule has 25 heavy (non-hydrogen) atoms. The van der Waals surface area contributed by atoms with Gasteiger partial charge >= 0.3 is 0 Å². The first-order valence-corrected chi connectivity index (χ1v) is 8.09. The highest BCUT2D eigenvalue weighted by Gasteiger charge is 2.19. The SMILES string of the molecule is COc1ccc(NC(=O)COc2ccccc2C(C)(C)C)cc1OC. The van der Waals surface area contributed by atoms with Crippen LogP contribution < -0.4 is 19.5 Å². The van der Waals surface area contributed by atoms with E-state index in [1.807, 2.05) is 24.3 Å². The standard InChI is InChI=1S/C20H25NO4/c1-20(2,3)15-8-6-7-9-16(15)25-13-19(22)21-14-10-11-17(23-4)18(12-14)24-5/h6-12H,13H2,1-5H3,(H,21,22). The predicted molar refractivity (Wildman–Crippen MR) is 98.8 cm³/mol. The van der Waals surface area contributed by atoms with E-state index in [9.17, 15) is 4.79 Å². The van der Waals surface area contributed by atoms with Gasteiger partial charge in [-0.05, 0) is 29.2 Å². The highest BCUT2D eigenvalue weighted by molar-refractivity contribution is 5.92. The van der Waals surface area contributed by atoms with Crippen LogP contribution in [0.4, 0.5) is 5.69 Å². The van der Waals surface area contributed by atoms with E-state index >= 15 is 0 Å². The van der Waals surface area contributed by atoms with Crippen molar-refractivity contribution in [1.29, 1.82) is 0 Å². The first kappa shape index (κ1) is 18.6. The zero-order valence-electron chi connectivity index (χ0n) is 15.4. The van der Waals surface area contributed by atoms with Crippen molar-refractivity contribution in [2.75, 3.05) is 26.1 Å². The predicted octanol–water partition coefficient (Wildman–Crippen LogP) is 4.02. The Labute approximate surface area is 148 Å². The second-order valence-electron chi connectivity index (χ2n) is 6.65. The minimum atomic E-state index is -0.240. The lowest BCUT2D eigenvalue weighted by Crippen LogP contribution is -2.22. The quantitative estimate of drug-likeness (QED) is 0.861. The van der Waals surface area contributed by atoms with Crippen LogP contribution in [0.2, 0.25) is 0 Å². The summed E-state index contributed by atoms with van der Waals surface area (Å²) in [7, 11) is 3.12. The third-order valence-corrected chi connectivity index (χ3v) is 3.72. The molecular weight excluding hydrogens is 318 g/mol. The normalized spacial score (nSPS) is 10.9. The first-order chi connectivity index (χ1) is 11.8. The molecule has 134 valence electrons. The van der Waals surface area contributed by atoms with Crippen LogP contribution in [0.25, 0.3) is 0 Å². The lowest BCUT2D eigenvalue weighted by molar-refractivity contribution is -0.118. The van der Waals surface area contributed by atoms with Crippen molar-refractivity contribution in [3.63, 3.8) is 0 Å². The van der Waals surface area contributed by atoms with Crippen molar-refractivity contribution in [1.82, 2.24) is 0 Å². The fourth-order valence-corrected chi connectivity index (χ4v) is 2.47. The van der Waals surface area contributed by atoms with Crippen LogP contribution in [0.1, 0.15) is 26.3 Å². The molecule has 0 saturated carbocycles. The monoisotopic (exact) mass is 343 g/mol. The smallest absolute Gasteiger partial charge is 0.262 e. The van der Waals surface area contributed by atoms with Gasteiger partial charge in [0.1, 0.15) is 5.75 Å². The summed E-state index contributed by atoms with van der Waals surface area (Å²) in [5.74, 6) is 1.64. The third-order valence-electron chi connectivity index (χ3n) is 3.72. The molecule has 0 aliphatic carbocycles. The highest BCUT2D eigenvalue weighted by atomic mass is 16.5. The van der Waals surface area contributed by atoms with E-state index in [2.05, 4.69) is 26.1 Å². The zero-order valence-corrected chi connectivity index (χ0v) is 15.4. The van der Waals surface area contributed by atoms with Gasteiger partial charge in [0.25, 0.3) is 5.91 Å². The van der Waals surface area contributed by atoms with Gasteiger partial charge in [0.05, 0.1) is 14.2 Å². The summed E-state index contributed by atoms with van der Waals surface area (Å²) in [6.45, 7) is 6.26. The summed E-state index contributed by atoms with van der Waals surface area (Å²) >= 11 is 0. The maximum atomic E-state index is 12.2. The molecule has 0 aliphatic heterocycles. The zero-order chi connectivity index (χ0) is 18.4. The van der Waals surface area contributed by atoms with Crippen LogP contribution in [-0.2, 0) is 10.2 Å². The molecule has 0 heterocycles. The summed E-state index contributed by atoms with van der Waals surface area (Å²) in [5, 5.41) is 2.80. The Morgan fingerprint density at radius 1 is 0.960 bits per heavy atom. The number of para-hydroxylation sites is 1. The van der Waals surface area contributed by atoms with Crippen molar-refractivity contribution in [2.24, 2.45) is 0 Å². The third kappa shape index (κ3) is 4.89. The number of benzene rings is 2. The van der Waals surface area contributed by atoms with E-state index in [1.54, 1.807) is 32.4 Å². The van der Waals surface area contributed by atoms with Crippen molar-refractivity contribution >= 4 is 11.6 Å². The van der Waals surface area contributed by atoms with E-state index in [1.165, 1.54) is 0 Å². The largest absolute Gasteiger partial charge is 0.493 e. The van der Waals surface area contributed by atoms with E-state index in [0.29, 0.717) is 17.2 Å². The van der Waals surface area contributed by atoms with Gasteiger partial charge in [0.2, 0.25) is 0 Å². The van der Waals surface area contributed by atoms with Crippen LogP contribution in [0.5, 0.6) is 17.2 Å². The number of anilines is 1. The Balaban J connectivity index is 2.03.